The molecular weight excluding hydrogens is 347 g/mol. The van der Waals surface area contributed by atoms with Crippen molar-refractivity contribution in [2.75, 3.05) is 0 Å². The number of rotatable bonds is 2. The van der Waals surface area contributed by atoms with E-state index in [1.807, 2.05) is 13.0 Å². The van der Waals surface area contributed by atoms with Crippen molar-refractivity contribution in [3.05, 3.63) is 59.4 Å². The third-order valence-corrected chi connectivity index (χ3v) is 4.94. The van der Waals surface area contributed by atoms with Crippen molar-refractivity contribution in [3.63, 3.8) is 0 Å². The number of nitrogens with zero attached hydrogens (tertiary/aromatic N) is 4. The summed E-state index contributed by atoms with van der Waals surface area (Å²) in [5, 5.41) is 0.856. The molecule has 0 unspecified atom stereocenters. The molecule has 0 amide bonds. The summed E-state index contributed by atoms with van der Waals surface area (Å²) < 4.78 is 15.0. The standard InChI is InChI=1S/C17H10ClFN4S/c1-9-7-13(22-8-21-9)15-16-12(5-6-20-15)23-17(24-16)14-10(18)3-2-4-11(14)19/h2-8H,1H3. The SMILES string of the molecule is Cc1cc(-c2nccc3nc(-c4c(F)cccc4Cl)sc23)ncn1. The van der Waals surface area contributed by atoms with Gasteiger partial charge in [-0.1, -0.05) is 17.7 Å². The number of aryl methyl sites for hydroxylation is 1. The van der Waals surface area contributed by atoms with Gasteiger partial charge in [-0.2, -0.15) is 0 Å². The van der Waals surface area contributed by atoms with Gasteiger partial charge >= 0.3 is 0 Å². The molecule has 0 saturated heterocycles. The Labute approximate surface area is 146 Å². The maximum atomic E-state index is 14.2. The smallest absolute Gasteiger partial charge is 0.134 e. The fraction of sp³-hybridized carbons (Fsp3) is 0.0588. The van der Waals surface area contributed by atoms with Crippen LogP contribution in [0.25, 0.3) is 32.2 Å². The van der Waals surface area contributed by atoms with Crippen LogP contribution < -0.4 is 0 Å². The molecule has 24 heavy (non-hydrogen) atoms. The highest BCUT2D eigenvalue weighted by Crippen LogP contribution is 2.38. The van der Waals surface area contributed by atoms with Crippen LogP contribution in [-0.2, 0) is 0 Å². The number of fused-ring (bicyclic) bond motifs is 1. The highest BCUT2D eigenvalue weighted by Gasteiger charge is 2.17. The maximum absolute atomic E-state index is 14.2. The minimum absolute atomic E-state index is 0.310. The second-order valence-corrected chi connectivity index (χ2v) is 6.57. The molecule has 0 bridgehead atoms. The number of pyridine rings is 1. The second-order valence-electron chi connectivity index (χ2n) is 5.17. The van der Waals surface area contributed by atoms with E-state index in [0.29, 0.717) is 27.0 Å². The summed E-state index contributed by atoms with van der Waals surface area (Å²) >= 11 is 7.51. The van der Waals surface area contributed by atoms with Crippen LogP contribution >= 0.6 is 22.9 Å². The van der Waals surface area contributed by atoms with Crippen molar-refractivity contribution in [3.8, 4) is 22.0 Å². The monoisotopic (exact) mass is 356 g/mol. The van der Waals surface area contributed by atoms with Crippen molar-refractivity contribution >= 4 is 33.2 Å². The van der Waals surface area contributed by atoms with Crippen molar-refractivity contribution in [2.24, 2.45) is 0 Å². The Hall–Kier alpha value is -2.44. The van der Waals surface area contributed by atoms with Gasteiger partial charge in [0.15, 0.2) is 0 Å². The van der Waals surface area contributed by atoms with E-state index in [1.54, 1.807) is 24.4 Å². The lowest BCUT2D eigenvalue weighted by molar-refractivity contribution is 0.631. The lowest BCUT2D eigenvalue weighted by Crippen LogP contribution is -1.90. The normalized spacial score (nSPS) is 11.1. The lowest BCUT2D eigenvalue weighted by Gasteiger charge is -2.01. The lowest BCUT2D eigenvalue weighted by atomic mass is 10.2. The van der Waals surface area contributed by atoms with Crippen LogP contribution in [0, 0.1) is 12.7 Å². The van der Waals surface area contributed by atoms with Gasteiger partial charge in [0.1, 0.15) is 22.8 Å². The summed E-state index contributed by atoms with van der Waals surface area (Å²) in [4.78, 5) is 17.3. The molecule has 4 rings (SSSR count). The average molecular weight is 357 g/mol. The Morgan fingerprint density at radius 3 is 2.79 bits per heavy atom. The summed E-state index contributed by atoms with van der Waals surface area (Å²) in [5.74, 6) is -0.394. The molecule has 0 N–H and O–H groups in total. The molecule has 0 aliphatic rings. The third-order valence-electron chi connectivity index (χ3n) is 3.53. The van der Waals surface area contributed by atoms with E-state index < -0.39 is 5.82 Å². The Kier molecular flexibility index (Phi) is 3.70. The first kappa shape index (κ1) is 15.1. The van der Waals surface area contributed by atoms with E-state index in [4.69, 9.17) is 11.6 Å². The minimum atomic E-state index is -0.394. The molecule has 0 radical (unpaired) electrons. The third kappa shape index (κ3) is 2.53. The molecule has 3 heterocycles. The van der Waals surface area contributed by atoms with Crippen LogP contribution in [0.1, 0.15) is 5.69 Å². The number of hydrogen-bond acceptors (Lipinski definition) is 5. The van der Waals surface area contributed by atoms with Gasteiger partial charge in [-0.25, -0.2) is 19.3 Å². The van der Waals surface area contributed by atoms with Crippen LogP contribution in [0.2, 0.25) is 5.02 Å². The van der Waals surface area contributed by atoms with E-state index in [2.05, 4.69) is 19.9 Å². The highest BCUT2D eigenvalue weighted by molar-refractivity contribution is 7.22. The Morgan fingerprint density at radius 1 is 1.12 bits per heavy atom. The molecule has 0 saturated carbocycles. The summed E-state index contributed by atoms with van der Waals surface area (Å²) in [5.41, 5.74) is 3.30. The molecule has 1 aromatic carbocycles. The average Bonchev–Trinajstić information content (AvgIpc) is 2.98. The van der Waals surface area contributed by atoms with Gasteiger partial charge in [0.05, 0.1) is 26.5 Å². The fourth-order valence-corrected chi connectivity index (χ4v) is 3.86. The zero-order valence-corrected chi connectivity index (χ0v) is 14.1. The number of hydrogen-bond donors (Lipinski definition) is 0. The van der Waals surface area contributed by atoms with Crippen molar-refractivity contribution in [2.45, 2.75) is 6.92 Å². The van der Waals surface area contributed by atoms with Crippen LogP contribution in [0.3, 0.4) is 0 Å². The second kappa shape index (κ2) is 5.89. The van der Waals surface area contributed by atoms with Gasteiger partial charge in [0, 0.05) is 11.9 Å². The van der Waals surface area contributed by atoms with E-state index >= 15 is 0 Å². The van der Waals surface area contributed by atoms with E-state index in [9.17, 15) is 4.39 Å². The zero-order valence-electron chi connectivity index (χ0n) is 12.5. The molecule has 4 nitrogen and oxygen atoms in total. The zero-order chi connectivity index (χ0) is 16.7. The molecule has 118 valence electrons. The minimum Gasteiger partial charge on any atom is -0.253 e. The maximum Gasteiger partial charge on any atom is 0.134 e. The Balaban J connectivity index is 1.95. The predicted molar refractivity (Wildman–Crippen MR) is 93.6 cm³/mol. The number of aromatic nitrogens is 4. The van der Waals surface area contributed by atoms with Gasteiger partial charge in [-0.05, 0) is 31.2 Å². The van der Waals surface area contributed by atoms with E-state index in [-0.39, 0.29) is 0 Å². The van der Waals surface area contributed by atoms with Gasteiger partial charge in [-0.3, -0.25) is 4.98 Å². The molecule has 7 heteroatoms. The van der Waals surface area contributed by atoms with Crippen LogP contribution in [0.15, 0.2) is 42.9 Å². The highest BCUT2D eigenvalue weighted by atomic mass is 35.5. The molecule has 0 fully saturated rings. The summed E-state index contributed by atoms with van der Waals surface area (Å²) in [7, 11) is 0. The Morgan fingerprint density at radius 2 is 2.00 bits per heavy atom. The first-order chi connectivity index (χ1) is 11.6. The molecule has 0 aliphatic carbocycles. The van der Waals surface area contributed by atoms with Gasteiger partial charge in [0.2, 0.25) is 0 Å². The summed E-state index contributed by atoms with van der Waals surface area (Å²) in [6, 6.07) is 8.25. The molecule has 0 aliphatic heterocycles. The van der Waals surface area contributed by atoms with E-state index in [1.165, 1.54) is 23.7 Å². The fourth-order valence-electron chi connectivity index (χ4n) is 2.43. The summed E-state index contributed by atoms with van der Waals surface area (Å²) in [6.45, 7) is 1.89. The number of halogens is 2. The molecule has 0 spiro atoms. The number of benzene rings is 1. The predicted octanol–water partition coefficient (Wildman–Crippen LogP) is 4.92. The van der Waals surface area contributed by atoms with Crippen molar-refractivity contribution < 1.29 is 4.39 Å². The quantitative estimate of drug-likeness (QED) is 0.511. The Bertz CT molecular complexity index is 1040. The largest absolute Gasteiger partial charge is 0.253 e. The van der Waals surface area contributed by atoms with Crippen molar-refractivity contribution in [1.82, 2.24) is 19.9 Å². The molecule has 4 aromatic rings. The topological polar surface area (TPSA) is 51.6 Å². The molecular formula is C17H10ClFN4S. The van der Waals surface area contributed by atoms with Crippen LogP contribution in [-0.4, -0.2) is 19.9 Å². The molecule has 3 aromatic heterocycles. The first-order valence-electron chi connectivity index (χ1n) is 7.12. The van der Waals surface area contributed by atoms with E-state index in [0.717, 1.165) is 15.9 Å². The van der Waals surface area contributed by atoms with Crippen LogP contribution in [0.4, 0.5) is 4.39 Å². The number of thiazole rings is 1. The van der Waals surface area contributed by atoms with Crippen molar-refractivity contribution in [1.29, 1.82) is 0 Å². The van der Waals surface area contributed by atoms with Crippen LogP contribution in [0.5, 0.6) is 0 Å². The van der Waals surface area contributed by atoms with Gasteiger partial charge in [-0.15, -0.1) is 11.3 Å². The first-order valence-corrected chi connectivity index (χ1v) is 8.32. The molecule has 0 atom stereocenters. The summed E-state index contributed by atoms with van der Waals surface area (Å²) in [6.07, 6.45) is 3.17. The van der Waals surface area contributed by atoms with Gasteiger partial charge < -0.3 is 0 Å². The van der Waals surface area contributed by atoms with Gasteiger partial charge in [0.25, 0.3) is 0 Å².